The highest BCUT2D eigenvalue weighted by molar-refractivity contribution is 7.09. The summed E-state index contributed by atoms with van der Waals surface area (Å²) in [6.45, 7) is 4.66. The Kier molecular flexibility index (Phi) is 3.95. The Bertz CT molecular complexity index is 752. The minimum absolute atomic E-state index is 0.222. The first-order valence-corrected chi connectivity index (χ1v) is 8.07. The van der Waals surface area contributed by atoms with E-state index in [0.717, 1.165) is 21.9 Å². The predicted octanol–water partition coefficient (Wildman–Crippen LogP) is 4.74. The number of aromatic nitrogens is 3. The van der Waals surface area contributed by atoms with E-state index in [4.69, 9.17) is 11.6 Å². The molecule has 3 nitrogen and oxygen atoms in total. The van der Waals surface area contributed by atoms with Crippen LogP contribution in [0.15, 0.2) is 29.8 Å². The molecule has 0 radical (unpaired) electrons. The van der Waals surface area contributed by atoms with Crippen molar-refractivity contribution in [3.8, 4) is 0 Å². The Hall–Kier alpha value is -1.46. The number of halogens is 2. The Morgan fingerprint density at radius 2 is 2.19 bits per heavy atom. The molecule has 3 rings (SSSR count). The largest absolute Gasteiger partial charge is 0.326 e. The maximum Gasteiger partial charge on any atom is 0.127 e. The van der Waals surface area contributed by atoms with Crippen molar-refractivity contribution in [2.75, 3.05) is 0 Å². The van der Waals surface area contributed by atoms with Crippen molar-refractivity contribution in [1.29, 1.82) is 0 Å². The van der Waals surface area contributed by atoms with E-state index in [0.29, 0.717) is 6.54 Å². The summed E-state index contributed by atoms with van der Waals surface area (Å²) in [6.07, 6.45) is 1.80. The molecule has 2 unspecified atom stereocenters. The van der Waals surface area contributed by atoms with Crippen molar-refractivity contribution in [3.05, 3.63) is 46.4 Å². The van der Waals surface area contributed by atoms with Gasteiger partial charge in [0.05, 0.1) is 21.4 Å². The molecule has 1 aromatic carbocycles. The third-order valence-electron chi connectivity index (χ3n) is 3.43. The van der Waals surface area contributed by atoms with Crippen molar-refractivity contribution in [1.82, 2.24) is 14.5 Å². The van der Waals surface area contributed by atoms with Crippen LogP contribution in [0.4, 0.5) is 4.39 Å². The van der Waals surface area contributed by atoms with E-state index in [1.807, 2.05) is 16.9 Å². The fourth-order valence-corrected chi connectivity index (χ4v) is 3.30. The molecular formula is C15H15ClFN3S. The second kappa shape index (κ2) is 5.73. The average Bonchev–Trinajstić information content (AvgIpc) is 3.07. The Morgan fingerprint density at radius 1 is 1.38 bits per heavy atom. The molecule has 2 aromatic heterocycles. The normalized spacial score (nSPS) is 14.5. The molecule has 0 bridgehead atoms. The summed E-state index contributed by atoms with van der Waals surface area (Å²) >= 11 is 7.86. The van der Waals surface area contributed by atoms with E-state index in [9.17, 15) is 4.39 Å². The SMILES string of the molecule is CC(Cl)c1nc2ccc(F)cc2n1CC(C)c1nccs1. The van der Waals surface area contributed by atoms with Crippen LogP contribution in [0.25, 0.3) is 11.0 Å². The van der Waals surface area contributed by atoms with E-state index < -0.39 is 0 Å². The summed E-state index contributed by atoms with van der Waals surface area (Å²) < 4.78 is 15.6. The Labute approximate surface area is 131 Å². The van der Waals surface area contributed by atoms with Gasteiger partial charge in [-0.15, -0.1) is 22.9 Å². The van der Waals surface area contributed by atoms with Crippen LogP contribution in [0.5, 0.6) is 0 Å². The number of thiazole rings is 1. The summed E-state index contributed by atoms with van der Waals surface area (Å²) in [5.41, 5.74) is 1.55. The maximum absolute atomic E-state index is 13.6. The second-order valence-electron chi connectivity index (χ2n) is 5.10. The van der Waals surface area contributed by atoms with Gasteiger partial charge < -0.3 is 4.57 Å². The molecule has 110 valence electrons. The van der Waals surface area contributed by atoms with Crippen molar-refractivity contribution < 1.29 is 4.39 Å². The highest BCUT2D eigenvalue weighted by Gasteiger charge is 2.18. The monoisotopic (exact) mass is 323 g/mol. The summed E-state index contributed by atoms with van der Waals surface area (Å²) in [5, 5.41) is 2.79. The van der Waals surface area contributed by atoms with Crippen LogP contribution < -0.4 is 0 Å². The maximum atomic E-state index is 13.6. The molecule has 0 saturated carbocycles. The van der Waals surface area contributed by atoms with Crippen LogP contribution in [-0.2, 0) is 6.54 Å². The molecule has 2 atom stereocenters. The minimum atomic E-state index is -0.265. The fraction of sp³-hybridized carbons (Fsp3) is 0.333. The van der Waals surface area contributed by atoms with Gasteiger partial charge in [0.15, 0.2) is 0 Å². The van der Waals surface area contributed by atoms with E-state index in [1.165, 1.54) is 12.1 Å². The zero-order valence-corrected chi connectivity index (χ0v) is 13.3. The third kappa shape index (κ3) is 2.80. The average molecular weight is 324 g/mol. The Morgan fingerprint density at radius 3 is 2.86 bits per heavy atom. The number of nitrogens with zero attached hydrogens (tertiary/aromatic N) is 3. The predicted molar refractivity (Wildman–Crippen MR) is 84.5 cm³/mol. The van der Waals surface area contributed by atoms with Crippen molar-refractivity contribution >= 4 is 34.0 Å². The van der Waals surface area contributed by atoms with Crippen LogP contribution in [0.2, 0.25) is 0 Å². The minimum Gasteiger partial charge on any atom is -0.326 e. The summed E-state index contributed by atoms with van der Waals surface area (Å²) in [5.74, 6) is 0.722. The van der Waals surface area contributed by atoms with E-state index >= 15 is 0 Å². The number of alkyl halides is 1. The number of fused-ring (bicyclic) bond motifs is 1. The highest BCUT2D eigenvalue weighted by Crippen LogP contribution is 2.28. The molecule has 0 aliphatic rings. The van der Waals surface area contributed by atoms with Gasteiger partial charge in [0.2, 0.25) is 0 Å². The molecule has 0 amide bonds. The molecule has 3 aromatic rings. The lowest BCUT2D eigenvalue weighted by molar-refractivity contribution is 0.580. The second-order valence-corrected chi connectivity index (χ2v) is 6.68. The van der Waals surface area contributed by atoms with Gasteiger partial charge in [-0.2, -0.15) is 0 Å². The lowest BCUT2D eigenvalue weighted by Crippen LogP contribution is -2.10. The first kappa shape index (κ1) is 14.5. The summed E-state index contributed by atoms with van der Waals surface area (Å²) in [6, 6.07) is 4.63. The lowest BCUT2D eigenvalue weighted by Gasteiger charge is -2.14. The molecule has 0 spiro atoms. The summed E-state index contributed by atoms with van der Waals surface area (Å²) in [4.78, 5) is 8.88. The lowest BCUT2D eigenvalue weighted by atomic mass is 10.2. The van der Waals surface area contributed by atoms with Gasteiger partial charge in [0.25, 0.3) is 0 Å². The molecule has 0 N–H and O–H groups in total. The van der Waals surface area contributed by atoms with Gasteiger partial charge in [0.1, 0.15) is 11.6 Å². The van der Waals surface area contributed by atoms with Crippen LogP contribution in [0.1, 0.15) is 36.0 Å². The van der Waals surface area contributed by atoms with Gasteiger partial charge >= 0.3 is 0 Å². The third-order valence-corrected chi connectivity index (χ3v) is 4.63. The van der Waals surface area contributed by atoms with E-state index in [-0.39, 0.29) is 17.1 Å². The standard InChI is InChI=1S/C15H15ClFN3S/c1-9(15-18-5-6-21-15)8-20-13-7-11(17)3-4-12(13)19-14(20)10(2)16/h3-7,9-10H,8H2,1-2H3. The smallest absolute Gasteiger partial charge is 0.127 e. The quantitative estimate of drug-likeness (QED) is 0.649. The fourth-order valence-electron chi connectivity index (χ4n) is 2.44. The number of rotatable bonds is 4. The summed E-state index contributed by atoms with van der Waals surface area (Å²) in [7, 11) is 0. The van der Waals surface area contributed by atoms with E-state index in [1.54, 1.807) is 23.6 Å². The van der Waals surface area contributed by atoms with Crippen LogP contribution in [0.3, 0.4) is 0 Å². The van der Waals surface area contributed by atoms with Gasteiger partial charge in [-0.25, -0.2) is 14.4 Å². The molecular weight excluding hydrogens is 309 g/mol. The van der Waals surface area contributed by atoms with Crippen molar-refractivity contribution in [2.24, 2.45) is 0 Å². The number of hydrogen-bond donors (Lipinski definition) is 0. The number of benzene rings is 1. The molecule has 0 aliphatic heterocycles. The first-order valence-electron chi connectivity index (χ1n) is 6.75. The van der Waals surface area contributed by atoms with Crippen molar-refractivity contribution in [3.63, 3.8) is 0 Å². The molecule has 0 aliphatic carbocycles. The molecule has 21 heavy (non-hydrogen) atoms. The van der Waals surface area contributed by atoms with Crippen molar-refractivity contribution in [2.45, 2.75) is 31.7 Å². The Balaban J connectivity index is 2.06. The van der Waals surface area contributed by atoms with Crippen LogP contribution in [-0.4, -0.2) is 14.5 Å². The zero-order valence-electron chi connectivity index (χ0n) is 11.8. The first-order chi connectivity index (χ1) is 10.1. The molecule has 0 saturated heterocycles. The topological polar surface area (TPSA) is 30.7 Å². The molecule has 6 heteroatoms. The van der Waals surface area contributed by atoms with Gasteiger partial charge in [-0.1, -0.05) is 6.92 Å². The van der Waals surface area contributed by atoms with Gasteiger partial charge in [-0.3, -0.25) is 0 Å². The van der Waals surface area contributed by atoms with Crippen LogP contribution in [0, 0.1) is 5.82 Å². The van der Waals surface area contributed by atoms with Gasteiger partial charge in [0, 0.05) is 24.0 Å². The molecule has 2 heterocycles. The number of hydrogen-bond acceptors (Lipinski definition) is 3. The number of imidazole rings is 1. The van der Waals surface area contributed by atoms with E-state index in [2.05, 4.69) is 16.9 Å². The van der Waals surface area contributed by atoms with Gasteiger partial charge in [-0.05, 0) is 25.1 Å². The van der Waals surface area contributed by atoms with Crippen LogP contribution >= 0.6 is 22.9 Å². The highest BCUT2D eigenvalue weighted by atomic mass is 35.5. The molecule has 0 fully saturated rings. The zero-order chi connectivity index (χ0) is 15.0.